The van der Waals surface area contributed by atoms with Gasteiger partial charge in [0.25, 0.3) is 0 Å². The zero-order chi connectivity index (χ0) is 15.4. The van der Waals surface area contributed by atoms with Crippen molar-refractivity contribution in [1.82, 2.24) is 0 Å². The largest absolute Gasteiger partial charge is 0.387 e. The lowest BCUT2D eigenvalue weighted by Crippen LogP contribution is -2.15. The summed E-state index contributed by atoms with van der Waals surface area (Å²) in [6.45, 7) is 6.30. The van der Waals surface area contributed by atoms with E-state index >= 15 is 0 Å². The Morgan fingerprint density at radius 2 is 2.10 bits per heavy atom. The maximum absolute atomic E-state index is 12.5. The minimum atomic E-state index is 0.0865. The number of carbonyl (C=O) groups is 1. The lowest BCUT2D eigenvalue weighted by atomic mass is 9.82. The van der Waals surface area contributed by atoms with Crippen molar-refractivity contribution >= 4 is 17.2 Å². The molecule has 0 amide bonds. The number of aryl methyl sites for hydroxylation is 1. The molecule has 0 saturated carbocycles. The monoisotopic (exact) mass is 282 g/mol. The molecule has 2 N–H and O–H groups in total. The van der Waals surface area contributed by atoms with Gasteiger partial charge in [-0.25, -0.2) is 0 Å². The molecule has 3 nitrogen and oxygen atoms in total. The van der Waals surface area contributed by atoms with Crippen molar-refractivity contribution < 1.29 is 4.79 Å². The number of rotatable bonds is 5. The second kappa shape index (κ2) is 6.53. The maximum Gasteiger partial charge on any atom is 0.187 e. The molecule has 2 rings (SSSR count). The summed E-state index contributed by atoms with van der Waals surface area (Å²) in [5.41, 5.74) is 10.5. The fourth-order valence-electron chi connectivity index (χ4n) is 2.71. The van der Waals surface area contributed by atoms with Gasteiger partial charge in [0.05, 0.1) is 5.84 Å². The number of hydrogen-bond acceptors (Lipinski definition) is 2. The van der Waals surface area contributed by atoms with Crippen LogP contribution in [0.25, 0.3) is 5.57 Å². The Morgan fingerprint density at radius 1 is 1.33 bits per heavy atom. The van der Waals surface area contributed by atoms with Crippen molar-refractivity contribution in [2.75, 3.05) is 7.05 Å². The van der Waals surface area contributed by atoms with Crippen molar-refractivity contribution in [3.05, 3.63) is 53.1 Å². The van der Waals surface area contributed by atoms with Crippen LogP contribution < -0.4 is 5.73 Å². The summed E-state index contributed by atoms with van der Waals surface area (Å²) in [6, 6.07) is 6.03. The van der Waals surface area contributed by atoms with Gasteiger partial charge in [-0.15, -0.1) is 0 Å². The van der Waals surface area contributed by atoms with Crippen molar-refractivity contribution in [2.24, 2.45) is 10.7 Å². The molecule has 0 aliphatic heterocycles. The third-order valence-corrected chi connectivity index (χ3v) is 3.87. The smallest absolute Gasteiger partial charge is 0.187 e. The maximum atomic E-state index is 12.5. The van der Waals surface area contributed by atoms with Gasteiger partial charge < -0.3 is 5.73 Å². The molecule has 0 aromatic heterocycles. The number of allylic oxidation sites excluding steroid dienone is 3. The second-order valence-electron chi connectivity index (χ2n) is 5.32. The predicted octanol–water partition coefficient (Wildman–Crippen LogP) is 3.54. The first-order chi connectivity index (χ1) is 10.1. The summed E-state index contributed by atoms with van der Waals surface area (Å²) in [5, 5.41) is 0. The van der Waals surface area contributed by atoms with Crippen LogP contribution in [0.2, 0.25) is 0 Å². The van der Waals surface area contributed by atoms with Gasteiger partial charge in [0.15, 0.2) is 5.78 Å². The summed E-state index contributed by atoms with van der Waals surface area (Å²) in [7, 11) is 1.68. The zero-order valence-corrected chi connectivity index (χ0v) is 12.8. The van der Waals surface area contributed by atoms with Gasteiger partial charge in [0.1, 0.15) is 0 Å². The van der Waals surface area contributed by atoms with Gasteiger partial charge in [0.2, 0.25) is 0 Å². The molecule has 0 saturated heterocycles. The molecule has 1 aromatic carbocycles. The SMILES string of the molecule is C=C1C(CCC(N)=NC)=CC(=O)c2c(CCC)cccc21. The molecular weight excluding hydrogens is 260 g/mol. The molecule has 0 atom stereocenters. The summed E-state index contributed by atoms with van der Waals surface area (Å²) in [4.78, 5) is 16.4. The van der Waals surface area contributed by atoms with Crippen LogP contribution in [0.15, 0.2) is 41.4 Å². The molecule has 1 aliphatic rings. The minimum absolute atomic E-state index is 0.0865. The van der Waals surface area contributed by atoms with Crippen molar-refractivity contribution in [1.29, 1.82) is 0 Å². The standard InChI is InChI=1S/C18H22N2O/c1-4-6-13-7-5-8-15-12(2)14(9-10-17(19)20-3)11-16(21)18(13)15/h5,7-8,11H,2,4,6,9-10H2,1,3H3,(H2,19,20). The molecule has 0 bridgehead atoms. The van der Waals surface area contributed by atoms with E-state index in [1.165, 1.54) is 0 Å². The molecule has 0 spiro atoms. The summed E-state index contributed by atoms with van der Waals surface area (Å²) < 4.78 is 0. The molecule has 0 radical (unpaired) electrons. The Labute approximate surface area is 126 Å². The van der Waals surface area contributed by atoms with Crippen molar-refractivity contribution in [3.8, 4) is 0 Å². The highest BCUT2D eigenvalue weighted by Crippen LogP contribution is 2.34. The highest BCUT2D eigenvalue weighted by Gasteiger charge is 2.23. The fraction of sp³-hybridized carbons (Fsp3) is 0.333. The number of amidine groups is 1. The average molecular weight is 282 g/mol. The molecule has 110 valence electrons. The highest BCUT2D eigenvalue weighted by molar-refractivity contribution is 6.14. The lowest BCUT2D eigenvalue weighted by molar-refractivity contribution is 0.104. The van der Waals surface area contributed by atoms with Gasteiger partial charge in [0, 0.05) is 19.0 Å². The second-order valence-corrected chi connectivity index (χ2v) is 5.32. The summed E-state index contributed by atoms with van der Waals surface area (Å²) >= 11 is 0. The van der Waals surface area contributed by atoms with Crippen LogP contribution >= 0.6 is 0 Å². The Morgan fingerprint density at radius 3 is 2.76 bits per heavy atom. The highest BCUT2D eigenvalue weighted by atomic mass is 16.1. The Balaban J connectivity index is 2.33. The number of aliphatic imine (C=N–C) groups is 1. The first-order valence-electron chi connectivity index (χ1n) is 7.36. The quantitative estimate of drug-likeness (QED) is 0.663. The van der Waals surface area contributed by atoms with E-state index in [0.29, 0.717) is 18.7 Å². The molecule has 0 heterocycles. The summed E-state index contributed by atoms with van der Waals surface area (Å²) in [5.74, 6) is 0.685. The number of fused-ring (bicyclic) bond motifs is 1. The van der Waals surface area contributed by atoms with Gasteiger partial charge in [-0.3, -0.25) is 9.79 Å². The van der Waals surface area contributed by atoms with Crippen LogP contribution in [0, 0.1) is 0 Å². The van der Waals surface area contributed by atoms with Gasteiger partial charge >= 0.3 is 0 Å². The van der Waals surface area contributed by atoms with E-state index in [4.69, 9.17) is 5.73 Å². The van der Waals surface area contributed by atoms with Crippen LogP contribution in [0.4, 0.5) is 0 Å². The van der Waals surface area contributed by atoms with Crippen LogP contribution in [-0.4, -0.2) is 18.7 Å². The molecule has 1 aliphatic carbocycles. The Hall–Kier alpha value is -2.16. The van der Waals surface area contributed by atoms with E-state index in [2.05, 4.69) is 18.5 Å². The molecule has 0 unspecified atom stereocenters. The van der Waals surface area contributed by atoms with Crippen molar-refractivity contribution in [2.45, 2.75) is 32.6 Å². The van der Waals surface area contributed by atoms with E-state index in [1.807, 2.05) is 18.2 Å². The van der Waals surface area contributed by atoms with E-state index in [0.717, 1.165) is 40.7 Å². The lowest BCUT2D eigenvalue weighted by Gasteiger charge is -2.21. The van der Waals surface area contributed by atoms with E-state index < -0.39 is 0 Å². The van der Waals surface area contributed by atoms with E-state index in [9.17, 15) is 4.79 Å². The Kier molecular flexibility index (Phi) is 4.73. The summed E-state index contributed by atoms with van der Waals surface area (Å²) in [6.07, 6.45) is 5.01. The minimum Gasteiger partial charge on any atom is -0.387 e. The first-order valence-corrected chi connectivity index (χ1v) is 7.36. The fourth-order valence-corrected chi connectivity index (χ4v) is 2.71. The van der Waals surface area contributed by atoms with Gasteiger partial charge in [-0.1, -0.05) is 38.1 Å². The van der Waals surface area contributed by atoms with Crippen LogP contribution in [0.5, 0.6) is 0 Å². The number of carbonyl (C=O) groups excluding carboxylic acids is 1. The van der Waals surface area contributed by atoms with Crippen molar-refractivity contribution in [3.63, 3.8) is 0 Å². The number of nitrogens with two attached hydrogens (primary N) is 1. The number of hydrogen-bond donors (Lipinski definition) is 1. The average Bonchev–Trinajstić information content (AvgIpc) is 2.49. The third kappa shape index (κ3) is 3.13. The van der Waals surface area contributed by atoms with Crippen LogP contribution in [0.1, 0.15) is 47.7 Å². The van der Waals surface area contributed by atoms with Crippen LogP contribution in [0.3, 0.4) is 0 Å². The normalized spacial score (nSPS) is 15.0. The van der Waals surface area contributed by atoms with Gasteiger partial charge in [-0.2, -0.15) is 0 Å². The molecule has 0 fully saturated rings. The van der Waals surface area contributed by atoms with Gasteiger partial charge in [-0.05, 0) is 41.2 Å². The molecule has 3 heteroatoms. The number of ketones is 1. The first kappa shape index (κ1) is 15.2. The van der Waals surface area contributed by atoms with Crippen LogP contribution in [-0.2, 0) is 6.42 Å². The molecule has 1 aromatic rings. The Bertz CT molecular complexity index is 639. The molecular formula is C18H22N2O. The van der Waals surface area contributed by atoms with E-state index in [1.54, 1.807) is 13.1 Å². The zero-order valence-electron chi connectivity index (χ0n) is 12.8. The number of nitrogens with zero attached hydrogens (tertiary/aromatic N) is 1. The number of benzene rings is 1. The molecule has 21 heavy (non-hydrogen) atoms. The topological polar surface area (TPSA) is 55.4 Å². The van der Waals surface area contributed by atoms with E-state index in [-0.39, 0.29) is 5.78 Å². The third-order valence-electron chi connectivity index (χ3n) is 3.87. The predicted molar refractivity (Wildman–Crippen MR) is 88.7 cm³/mol.